The van der Waals surface area contributed by atoms with Crippen molar-refractivity contribution in [2.45, 2.75) is 77.4 Å². The number of anilines is 1. The molecule has 1 saturated carbocycles. The fraction of sp³-hybridized carbons (Fsp3) is 0.615. The minimum atomic E-state index is -0.278. The second-order valence-corrected chi connectivity index (χ2v) is 9.91. The van der Waals surface area contributed by atoms with E-state index in [1.54, 1.807) is 7.11 Å². The Kier molecular flexibility index (Phi) is 7.98. The molecule has 2 aliphatic rings. The summed E-state index contributed by atoms with van der Waals surface area (Å²) >= 11 is 0. The maximum atomic E-state index is 13.1. The molecule has 2 aromatic rings. The molecule has 8 heteroatoms. The minimum Gasteiger partial charge on any atom is -0.383 e. The topological polar surface area (TPSA) is 101 Å². The number of amides is 1. The number of nitrogens with zero attached hydrogens (tertiary/aromatic N) is 3. The molecule has 4 rings (SSSR count). The first-order valence-electron chi connectivity index (χ1n) is 12.6. The molecular weight excluding hydrogens is 428 g/mol. The Morgan fingerprint density at radius 1 is 1.12 bits per heavy atom. The summed E-state index contributed by atoms with van der Waals surface area (Å²) in [5.74, 6) is 1.98. The van der Waals surface area contributed by atoms with Crippen LogP contribution < -0.4 is 16.0 Å². The van der Waals surface area contributed by atoms with Gasteiger partial charge in [0.05, 0.1) is 24.0 Å². The van der Waals surface area contributed by atoms with Crippen molar-refractivity contribution >= 4 is 28.5 Å². The summed E-state index contributed by atoms with van der Waals surface area (Å²) < 4.78 is 5.29. The molecule has 1 fully saturated rings. The molecule has 0 radical (unpaired) electrons. The standard InChI is InChI=1S/C26H38N6O2/c1-16(2)22(15-34-4)31-26(33)25-29-19-12-11-17(3)14-18(19)24(32-25)30-21-9-6-5-8-20(21)28-23-10-7-13-27-23/h11-12,14,16,20-22H,5-10,13,15H2,1-4H3,(H,27,28)(H,31,33)(H,29,30,32)/t20-,21+,22+/m1/s1. The Morgan fingerprint density at radius 3 is 2.56 bits per heavy atom. The molecule has 0 bridgehead atoms. The van der Waals surface area contributed by atoms with Crippen LogP contribution in [0, 0.1) is 12.8 Å². The molecule has 2 heterocycles. The molecule has 0 saturated heterocycles. The predicted molar refractivity (Wildman–Crippen MR) is 137 cm³/mol. The average Bonchev–Trinajstić information content (AvgIpc) is 3.33. The fourth-order valence-electron chi connectivity index (χ4n) is 4.79. The van der Waals surface area contributed by atoms with Crippen LogP contribution in [0.5, 0.6) is 0 Å². The number of carbonyl (C=O) groups excluding carboxylic acids is 1. The second-order valence-electron chi connectivity index (χ2n) is 9.91. The van der Waals surface area contributed by atoms with Gasteiger partial charge in [-0.05, 0) is 44.2 Å². The number of benzene rings is 1. The molecule has 1 aromatic heterocycles. The molecule has 3 atom stereocenters. The van der Waals surface area contributed by atoms with Gasteiger partial charge in [-0.25, -0.2) is 9.97 Å². The van der Waals surface area contributed by atoms with Gasteiger partial charge >= 0.3 is 0 Å². The summed E-state index contributed by atoms with van der Waals surface area (Å²) in [7, 11) is 1.64. The van der Waals surface area contributed by atoms with E-state index in [4.69, 9.17) is 9.72 Å². The number of hydrogen-bond donors (Lipinski definition) is 3. The predicted octanol–water partition coefficient (Wildman–Crippen LogP) is 3.84. The molecule has 184 valence electrons. The van der Waals surface area contributed by atoms with Crippen LogP contribution in [0.3, 0.4) is 0 Å². The number of nitrogens with one attached hydrogen (secondary N) is 3. The molecule has 34 heavy (non-hydrogen) atoms. The van der Waals surface area contributed by atoms with Crippen LogP contribution in [0.25, 0.3) is 10.9 Å². The van der Waals surface area contributed by atoms with E-state index in [9.17, 15) is 4.79 Å². The van der Waals surface area contributed by atoms with Crippen molar-refractivity contribution in [2.75, 3.05) is 25.6 Å². The van der Waals surface area contributed by atoms with E-state index in [2.05, 4.69) is 52.8 Å². The minimum absolute atomic E-state index is 0.106. The van der Waals surface area contributed by atoms with Crippen molar-refractivity contribution in [1.82, 2.24) is 20.6 Å². The number of fused-ring (bicyclic) bond motifs is 1. The van der Waals surface area contributed by atoms with Gasteiger partial charge in [0.1, 0.15) is 5.82 Å². The zero-order chi connectivity index (χ0) is 24.1. The van der Waals surface area contributed by atoms with E-state index >= 15 is 0 Å². The highest BCUT2D eigenvalue weighted by atomic mass is 16.5. The van der Waals surface area contributed by atoms with Crippen molar-refractivity contribution in [3.8, 4) is 0 Å². The summed E-state index contributed by atoms with van der Waals surface area (Å²) in [5, 5.41) is 11.4. The summed E-state index contributed by atoms with van der Waals surface area (Å²) in [6.07, 6.45) is 6.68. The van der Waals surface area contributed by atoms with Crippen LogP contribution in [0.15, 0.2) is 23.2 Å². The first kappa shape index (κ1) is 24.4. The lowest BCUT2D eigenvalue weighted by Gasteiger charge is -2.34. The number of aliphatic imine (C=N–C) groups is 1. The van der Waals surface area contributed by atoms with Crippen molar-refractivity contribution in [2.24, 2.45) is 10.9 Å². The maximum absolute atomic E-state index is 13.1. The van der Waals surface area contributed by atoms with E-state index in [1.807, 2.05) is 12.1 Å². The van der Waals surface area contributed by atoms with Gasteiger partial charge in [-0.3, -0.25) is 9.79 Å². The number of methoxy groups -OCH3 is 1. The highest BCUT2D eigenvalue weighted by molar-refractivity contribution is 5.97. The van der Waals surface area contributed by atoms with Gasteiger partial charge in [-0.2, -0.15) is 0 Å². The molecule has 1 aromatic carbocycles. The number of rotatable bonds is 8. The highest BCUT2D eigenvalue weighted by Gasteiger charge is 2.28. The lowest BCUT2D eigenvalue weighted by molar-refractivity contribution is 0.0857. The molecule has 1 aliphatic carbocycles. The van der Waals surface area contributed by atoms with Crippen molar-refractivity contribution in [3.05, 3.63) is 29.6 Å². The summed E-state index contributed by atoms with van der Waals surface area (Å²) in [5.41, 5.74) is 1.90. The SMILES string of the molecule is COC[C@H](NC(=O)c1nc(N[C@H]2CCCC[C@H]2NC2=NCCC2)c2cc(C)ccc2n1)C(C)C. The van der Waals surface area contributed by atoms with E-state index in [0.29, 0.717) is 12.6 Å². The second kappa shape index (κ2) is 11.1. The Hall–Kier alpha value is -2.74. The third kappa shape index (κ3) is 5.84. The first-order chi connectivity index (χ1) is 16.4. The fourth-order valence-corrected chi connectivity index (χ4v) is 4.79. The Bertz CT molecular complexity index is 1040. The zero-order valence-corrected chi connectivity index (χ0v) is 20.9. The van der Waals surface area contributed by atoms with Gasteiger partial charge in [0.2, 0.25) is 5.82 Å². The summed E-state index contributed by atoms with van der Waals surface area (Å²) in [6.45, 7) is 7.55. The number of amidine groups is 1. The van der Waals surface area contributed by atoms with Crippen LogP contribution in [0.2, 0.25) is 0 Å². The van der Waals surface area contributed by atoms with Gasteiger partial charge in [0, 0.05) is 37.5 Å². The number of carbonyl (C=O) groups is 1. The highest BCUT2D eigenvalue weighted by Crippen LogP contribution is 2.27. The van der Waals surface area contributed by atoms with Crippen LogP contribution in [0.4, 0.5) is 5.82 Å². The molecule has 0 spiro atoms. The van der Waals surface area contributed by atoms with E-state index in [1.165, 1.54) is 12.8 Å². The van der Waals surface area contributed by atoms with Crippen molar-refractivity contribution < 1.29 is 9.53 Å². The zero-order valence-electron chi connectivity index (χ0n) is 20.9. The van der Waals surface area contributed by atoms with Crippen molar-refractivity contribution in [1.29, 1.82) is 0 Å². The molecule has 3 N–H and O–H groups in total. The van der Waals surface area contributed by atoms with Gasteiger partial charge in [-0.15, -0.1) is 0 Å². The molecular formula is C26H38N6O2. The monoisotopic (exact) mass is 466 g/mol. The average molecular weight is 467 g/mol. The molecule has 1 amide bonds. The molecule has 1 aliphatic heterocycles. The van der Waals surface area contributed by atoms with Gasteiger partial charge in [0.15, 0.2) is 0 Å². The third-order valence-electron chi connectivity index (χ3n) is 6.84. The quantitative estimate of drug-likeness (QED) is 0.546. The Balaban J connectivity index is 1.62. The maximum Gasteiger partial charge on any atom is 0.289 e. The van der Waals surface area contributed by atoms with Crippen LogP contribution >= 0.6 is 0 Å². The van der Waals surface area contributed by atoms with Crippen molar-refractivity contribution in [3.63, 3.8) is 0 Å². The normalized spacial score (nSPS) is 21.4. The van der Waals surface area contributed by atoms with Gasteiger partial charge < -0.3 is 20.7 Å². The third-order valence-corrected chi connectivity index (χ3v) is 6.84. The molecule has 0 unspecified atom stereocenters. The van der Waals surface area contributed by atoms with E-state index in [-0.39, 0.29) is 29.7 Å². The summed E-state index contributed by atoms with van der Waals surface area (Å²) in [4.78, 5) is 27.1. The largest absolute Gasteiger partial charge is 0.383 e. The van der Waals surface area contributed by atoms with Crippen LogP contribution in [-0.4, -0.2) is 60.1 Å². The Morgan fingerprint density at radius 2 is 1.88 bits per heavy atom. The number of ether oxygens (including phenoxy) is 1. The van der Waals surface area contributed by atoms with E-state index < -0.39 is 0 Å². The lowest BCUT2D eigenvalue weighted by Crippen LogP contribution is -2.48. The Labute approximate surface area is 202 Å². The first-order valence-corrected chi connectivity index (χ1v) is 12.6. The van der Waals surface area contributed by atoms with E-state index in [0.717, 1.165) is 60.3 Å². The van der Waals surface area contributed by atoms with Gasteiger partial charge in [-0.1, -0.05) is 38.3 Å². The molecule has 8 nitrogen and oxygen atoms in total. The smallest absolute Gasteiger partial charge is 0.289 e. The van der Waals surface area contributed by atoms with Crippen LogP contribution in [0.1, 0.15) is 68.6 Å². The number of aryl methyl sites for hydroxylation is 1. The van der Waals surface area contributed by atoms with Gasteiger partial charge in [0.25, 0.3) is 5.91 Å². The summed E-state index contributed by atoms with van der Waals surface area (Å²) in [6, 6.07) is 6.48. The lowest BCUT2D eigenvalue weighted by atomic mass is 9.90. The number of aromatic nitrogens is 2. The number of hydrogen-bond acceptors (Lipinski definition) is 7. The van der Waals surface area contributed by atoms with Crippen LogP contribution in [-0.2, 0) is 4.74 Å².